The first-order valence-electron chi connectivity index (χ1n) is 13.3. The number of aryl methyl sites for hydroxylation is 1. The van der Waals surface area contributed by atoms with Gasteiger partial charge >= 0.3 is 6.03 Å². The summed E-state index contributed by atoms with van der Waals surface area (Å²) < 4.78 is 5.18. The van der Waals surface area contributed by atoms with Crippen LogP contribution in [0, 0.1) is 5.92 Å². The maximum Gasteiger partial charge on any atom is 0.321 e. The van der Waals surface area contributed by atoms with E-state index in [9.17, 15) is 9.59 Å². The number of anilines is 1. The first-order chi connectivity index (χ1) is 17.5. The van der Waals surface area contributed by atoms with Gasteiger partial charge in [-0.3, -0.25) is 9.69 Å². The van der Waals surface area contributed by atoms with Crippen molar-refractivity contribution in [3.05, 3.63) is 60.2 Å². The fourth-order valence-corrected chi connectivity index (χ4v) is 5.46. The molecular formula is C29H40N4O3. The Morgan fingerprint density at radius 3 is 2.28 bits per heavy atom. The van der Waals surface area contributed by atoms with E-state index in [1.165, 1.54) is 18.4 Å². The Bertz CT molecular complexity index is 968. The summed E-state index contributed by atoms with van der Waals surface area (Å²) in [5, 5.41) is 6.29. The number of nitrogens with zero attached hydrogens (tertiary/aromatic N) is 2. The van der Waals surface area contributed by atoms with Gasteiger partial charge in [-0.25, -0.2) is 4.79 Å². The van der Waals surface area contributed by atoms with E-state index in [0.717, 1.165) is 37.1 Å². The van der Waals surface area contributed by atoms with E-state index < -0.39 is 0 Å². The smallest absolute Gasteiger partial charge is 0.321 e. The number of ether oxygens (including phenoxy) is 1. The van der Waals surface area contributed by atoms with Crippen LogP contribution in [0.5, 0.6) is 5.75 Å². The highest BCUT2D eigenvalue weighted by Gasteiger charge is 2.37. The number of urea groups is 1. The molecule has 2 aromatic rings. The molecule has 1 heterocycles. The van der Waals surface area contributed by atoms with Gasteiger partial charge in [0, 0.05) is 37.9 Å². The summed E-state index contributed by atoms with van der Waals surface area (Å²) in [5.74, 6) is 1.30. The van der Waals surface area contributed by atoms with Crippen molar-refractivity contribution < 1.29 is 14.3 Å². The minimum Gasteiger partial charge on any atom is -0.497 e. The predicted octanol–water partition coefficient (Wildman–Crippen LogP) is 4.54. The van der Waals surface area contributed by atoms with Crippen LogP contribution in [0.25, 0.3) is 0 Å². The van der Waals surface area contributed by atoms with Gasteiger partial charge in [0.05, 0.1) is 13.2 Å². The van der Waals surface area contributed by atoms with Crippen LogP contribution in [0.3, 0.4) is 0 Å². The third-order valence-electron chi connectivity index (χ3n) is 7.55. The fourth-order valence-electron chi connectivity index (χ4n) is 5.46. The average Bonchev–Trinajstić information content (AvgIpc) is 3.43. The Balaban J connectivity index is 1.30. The van der Waals surface area contributed by atoms with Crippen molar-refractivity contribution >= 4 is 17.6 Å². The van der Waals surface area contributed by atoms with Gasteiger partial charge in [0.15, 0.2) is 0 Å². The molecule has 0 spiro atoms. The molecule has 1 saturated heterocycles. The monoisotopic (exact) mass is 492 g/mol. The molecule has 2 atom stereocenters. The Labute approximate surface area is 215 Å². The lowest BCUT2D eigenvalue weighted by atomic mass is 9.94. The van der Waals surface area contributed by atoms with Crippen molar-refractivity contribution in [2.24, 2.45) is 5.92 Å². The normalized spacial score (nSPS) is 18.4. The summed E-state index contributed by atoms with van der Waals surface area (Å²) in [6, 6.07) is 17.7. The van der Waals surface area contributed by atoms with E-state index in [4.69, 9.17) is 4.74 Å². The highest BCUT2D eigenvalue weighted by molar-refractivity contribution is 5.89. The lowest BCUT2D eigenvalue weighted by Crippen LogP contribution is -2.59. The highest BCUT2D eigenvalue weighted by Crippen LogP contribution is 2.31. The molecular weight excluding hydrogens is 452 g/mol. The third-order valence-corrected chi connectivity index (χ3v) is 7.55. The van der Waals surface area contributed by atoms with Gasteiger partial charge in [0.25, 0.3) is 0 Å². The molecule has 2 aromatic carbocycles. The molecule has 4 rings (SSSR count). The van der Waals surface area contributed by atoms with E-state index in [0.29, 0.717) is 32.1 Å². The van der Waals surface area contributed by atoms with Gasteiger partial charge in [-0.1, -0.05) is 43.2 Å². The van der Waals surface area contributed by atoms with E-state index in [1.807, 2.05) is 35.2 Å². The molecule has 7 heteroatoms. The van der Waals surface area contributed by atoms with Crippen LogP contribution in [0.1, 0.15) is 44.6 Å². The Morgan fingerprint density at radius 2 is 1.64 bits per heavy atom. The molecule has 1 saturated carbocycles. The van der Waals surface area contributed by atoms with E-state index >= 15 is 0 Å². The predicted molar refractivity (Wildman–Crippen MR) is 143 cm³/mol. The van der Waals surface area contributed by atoms with Gasteiger partial charge in [0.1, 0.15) is 5.75 Å². The second-order valence-electron chi connectivity index (χ2n) is 10.1. The molecule has 2 fully saturated rings. The summed E-state index contributed by atoms with van der Waals surface area (Å²) in [5.41, 5.74) is 2.05. The first-order valence-corrected chi connectivity index (χ1v) is 13.3. The molecule has 0 aromatic heterocycles. The number of methoxy groups -OCH3 is 1. The number of carbonyl (C=O) groups is 2. The zero-order valence-corrected chi connectivity index (χ0v) is 21.6. The molecule has 1 aliphatic heterocycles. The molecule has 0 bridgehead atoms. The molecule has 1 aliphatic carbocycles. The van der Waals surface area contributed by atoms with Crippen molar-refractivity contribution in [2.75, 3.05) is 38.6 Å². The molecule has 7 nitrogen and oxygen atoms in total. The molecule has 194 valence electrons. The summed E-state index contributed by atoms with van der Waals surface area (Å²) in [6.45, 7) is 4.75. The number of amides is 3. The topological polar surface area (TPSA) is 73.9 Å². The number of hydrogen-bond acceptors (Lipinski definition) is 4. The van der Waals surface area contributed by atoms with Crippen LogP contribution in [0.2, 0.25) is 0 Å². The van der Waals surface area contributed by atoms with Gasteiger partial charge in [-0.15, -0.1) is 0 Å². The number of benzene rings is 2. The van der Waals surface area contributed by atoms with Crippen molar-refractivity contribution in [1.82, 2.24) is 15.1 Å². The SMILES string of the molecule is COc1ccc(NC(=O)N2CCN(C(C(=O)NC(C)CCc3ccccc3)C3CCCC3)CC2)cc1. The number of rotatable bonds is 9. The first kappa shape index (κ1) is 26.0. The standard InChI is InChI=1S/C29H40N4O3/c1-22(12-13-23-8-4-3-5-9-23)30-28(34)27(24-10-6-7-11-24)32-18-20-33(21-19-32)29(35)31-25-14-16-26(36-2)17-15-25/h3-5,8-9,14-17,22,24,27H,6-7,10-13,18-21H2,1-2H3,(H,30,34)(H,31,35). The van der Waals surface area contributed by atoms with Gasteiger partial charge < -0.3 is 20.3 Å². The van der Waals surface area contributed by atoms with Crippen molar-refractivity contribution in [2.45, 2.75) is 57.5 Å². The quantitative estimate of drug-likeness (QED) is 0.539. The van der Waals surface area contributed by atoms with Crippen LogP contribution in [0.4, 0.5) is 10.5 Å². The Kier molecular flexibility index (Phi) is 9.23. The molecule has 2 N–H and O–H groups in total. The van der Waals surface area contributed by atoms with Crippen molar-refractivity contribution in [3.63, 3.8) is 0 Å². The van der Waals surface area contributed by atoms with E-state index in [1.54, 1.807) is 7.11 Å². The maximum absolute atomic E-state index is 13.5. The van der Waals surface area contributed by atoms with Crippen LogP contribution >= 0.6 is 0 Å². The van der Waals surface area contributed by atoms with Crippen molar-refractivity contribution in [3.8, 4) is 5.75 Å². The lowest BCUT2D eigenvalue weighted by molar-refractivity contribution is -0.129. The minimum atomic E-state index is -0.113. The molecule has 0 radical (unpaired) electrons. The molecule has 3 amide bonds. The van der Waals surface area contributed by atoms with Crippen LogP contribution in [0.15, 0.2) is 54.6 Å². The van der Waals surface area contributed by atoms with E-state index in [-0.39, 0.29) is 24.0 Å². The maximum atomic E-state index is 13.5. The van der Waals surface area contributed by atoms with E-state index in [2.05, 4.69) is 46.7 Å². The number of piperazine rings is 1. The molecule has 2 unspecified atom stereocenters. The number of nitrogens with one attached hydrogen (secondary N) is 2. The average molecular weight is 493 g/mol. The van der Waals surface area contributed by atoms with Gasteiger partial charge in [0.2, 0.25) is 5.91 Å². The van der Waals surface area contributed by atoms with Crippen LogP contribution < -0.4 is 15.4 Å². The van der Waals surface area contributed by atoms with Gasteiger partial charge in [-0.05, 0) is 68.4 Å². The number of carbonyl (C=O) groups excluding carboxylic acids is 2. The summed E-state index contributed by atoms with van der Waals surface area (Å²) in [7, 11) is 1.62. The van der Waals surface area contributed by atoms with Crippen LogP contribution in [-0.4, -0.2) is 67.1 Å². The second kappa shape index (κ2) is 12.8. The second-order valence-corrected chi connectivity index (χ2v) is 10.1. The third kappa shape index (κ3) is 7.00. The van der Waals surface area contributed by atoms with Crippen molar-refractivity contribution in [1.29, 1.82) is 0 Å². The molecule has 36 heavy (non-hydrogen) atoms. The largest absolute Gasteiger partial charge is 0.497 e. The number of hydrogen-bond donors (Lipinski definition) is 2. The fraction of sp³-hybridized carbons (Fsp3) is 0.517. The molecule has 2 aliphatic rings. The van der Waals surface area contributed by atoms with Crippen LogP contribution in [-0.2, 0) is 11.2 Å². The minimum absolute atomic E-state index is 0.101. The summed E-state index contributed by atoms with van der Waals surface area (Å²) >= 11 is 0. The zero-order valence-electron chi connectivity index (χ0n) is 21.6. The Morgan fingerprint density at radius 1 is 0.972 bits per heavy atom. The summed E-state index contributed by atoms with van der Waals surface area (Å²) in [4.78, 5) is 30.5. The highest BCUT2D eigenvalue weighted by atomic mass is 16.5. The zero-order chi connectivity index (χ0) is 25.3. The Hall–Kier alpha value is -3.06. The summed E-state index contributed by atoms with van der Waals surface area (Å²) in [6.07, 6.45) is 6.48. The lowest BCUT2D eigenvalue weighted by Gasteiger charge is -2.41. The van der Waals surface area contributed by atoms with Gasteiger partial charge in [-0.2, -0.15) is 0 Å².